The number of sulfonamides is 1. The van der Waals surface area contributed by atoms with Gasteiger partial charge in [0.1, 0.15) is 16.5 Å². The summed E-state index contributed by atoms with van der Waals surface area (Å²) in [5.74, 6) is -1.75. The molecule has 21 heavy (non-hydrogen) atoms. The average Bonchev–Trinajstić information content (AvgIpc) is 2.39. The molecule has 0 aliphatic rings. The first kappa shape index (κ1) is 18.5. The Labute approximate surface area is 132 Å². The molecule has 0 aromatic heterocycles. The molecular weight excluding hydrogens is 366 g/mol. The third-order valence-electron chi connectivity index (χ3n) is 3.30. The second-order valence-electron chi connectivity index (χ2n) is 5.22. The van der Waals surface area contributed by atoms with Crippen LogP contribution >= 0.6 is 15.9 Å². The maximum Gasteiger partial charge on any atom is 0.245 e. The van der Waals surface area contributed by atoms with Crippen molar-refractivity contribution in [3.8, 4) is 0 Å². The predicted octanol–water partition coefficient (Wildman–Crippen LogP) is 2.72. The van der Waals surface area contributed by atoms with Gasteiger partial charge in [0.25, 0.3) is 0 Å². The fraction of sp³-hybridized carbons (Fsp3) is 0.538. The molecule has 0 spiro atoms. The number of hydrogen-bond acceptors (Lipinski definition) is 3. The van der Waals surface area contributed by atoms with Crippen LogP contribution < -0.4 is 5.73 Å². The van der Waals surface area contributed by atoms with Crippen molar-refractivity contribution in [1.82, 2.24) is 4.31 Å². The molecule has 0 fully saturated rings. The zero-order valence-corrected chi connectivity index (χ0v) is 14.5. The molecule has 0 amide bonds. The Kier molecular flexibility index (Phi) is 6.27. The average molecular weight is 385 g/mol. The molecule has 1 unspecified atom stereocenters. The van der Waals surface area contributed by atoms with Gasteiger partial charge in [-0.05, 0) is 34.3 Å². The SMILES string of the molecule is CC(C)C(N)CCN(C)S(=O)(=O)c1cc(Br)c(F)cc1F. The van der Waals surface area contributed by atoms with Gasteiger partial charge in [0.15, 0.2) is 0 Å². The smallest absolute Gasteiger partial charge is 0.245 e. The quantitative estimate of drug-likeness (QED) is 0.766. The monoisotopic (exact) mass is 384 g/mol. The van der Waals surface area contributed by atoms with Crippen molar-refractivity contribution in [2.24, 2.45) is 11.7 Å². The van der Waals surface area contributed by atoms with E-state index in [9.17, 15) is 17.2 Å². The summed E-state index contributed by atoms with van der Waals surface area (Å²) in [4.78, 5) is -0.559. The molecule has 4 nitrogen and oxygen atoms in total. The highest BCUT2D eigenvalue weighted by Gasteiger charge is 2.26. The molecule has 8 heteroatoms. The Hall–Kier alpha value is -0.570. The molecule has 0 radical (unpaired) electrons. The zero-order chi connectivity index (χ0) is 16.4. The predicted molar refractivity (Wildman–Crippen MR) is 81.3 cm³/mol. The topological polar surface area (TPSA) is 63.4 Å². The molecule has 1 aromatic carbocycles. The lowest BCUT2D eigenvalue weighted by atomic mass is 10.0. The van der Waals surface area contributed by atoms with Crippen LogP contribution in [0.2, 0.25) is 0 Å². The Morgan fingerprint density at radius 2 is 1.86 bits per heavy atom. The molecular formula is C13H19BrF2N2O2S. The summed E-state index contributed by atoms with van der Waals surface area (Å²) in [5.41, 5.74) is 5.87. The number of hydrogen-bond donors (Lipinski definition) is 1. The van der Waals surface area contributed by atoms with E-state index in [0.717, 1.165) is 10.4 Å². The first-order valence-corrected chi connectivity index (χ1v) is 8.67. The summed E-state index contributed by atoms with van der Waals surface area (Å²) < 4.78 is 52.4. The lowest BCUT2D eigenvalue weighted by molar-refractivity contribution is 0.395. The van der Waals surface area contributed by atoms with Crippen molar-refractivity contribution in [2.75, 3.05) is 13.6 Å². The minimum absolute atomic E-state index is 0.102. The van der Waals surface area contributed by atoms with Crippen LogP contribution in [0.4, 0.5) is 8.78 Å². The molecule has 1 aromatic rings. The van der Waals surface area contributed by atoms with E-state index in [1.54, 1.807) is 0 Å². The van der Waals surface area contributed by atoms with Crippen molar-refractivity contribution in [3.05, 3.63) is 28.2 Å². The van der Waals surface area contributed by atoms with E-state index in [-0.39, 0.29) is 23.0 Å². The standard InChI is InChI=1S/C13H19BrF2N2O2S/c1-8(2)12(17)4-5-18(3)21(19,20)13-6-9(14)10(15)7-11(13)16/h6-8,12H,4-5,17H2,1-3H3. The number of rotatable bonds is 6. The molecule has 1 atom stereocenters. The van der Waals surface area contributed by atoms with Crippen LogP contribution in [0.1, 0.15) is 20.3 Å². The van der Waals surface area contributed by atoms with Gasteiger partial charge >= 0.3 is 0 Å². The van der Waals surface area contributed by atoms with Crippen molar-refractivity contribution in [3.63, 3.8) is 0 Å². The fourth-order valence-electron chi connectivity index (χ4n) is 1.65. The molecule has 0 aliphatic carbocycles. The summed E-state index contributed by atoms with van der Waals surface area (Å²) in [6.45, 7) is 4.04. The lowest BCUT2D eigenvalue weighted by Crippen LogP contribution is -2.35. The lowest BCUT2D eigenvalue weighted by Gasteiger charge is -2.21. The molecule has 0 saturated heterocycles. The Morgan fingerprint density at radius 1 is 1.29 bits per heavy atom. The highest BCUT2D eigenvalue weighted by atomic mass is 79.9. The van der Waals surface area contributed by atoms with Gasteiger partial charge in [0.2, 0.25) is 10.0 Å². The number of benzene rings is 1. The molecule has 0 heterocycles. The van der Waals surface area contributed by atoms with Gasteiger partial charge in [-0.2, -0.15) is 0 Å². The second-order valence-corrected chi connectivity index (χ2v) is 8.09. The van der Waals surface area contributed by atoms with Crippen LogP contribution in [0.3, 0.4) is 0 Å². The normalized spacial score (nSPS) is 14.0. The van der Waals surface area contributed by atoms with Gasteiger partial charge in [-0.1, -0.05) is 13.8 Å². The van der Waals surface area contributed by atoms with E-state index >= 15 is 0 Å². The van der Waals surface area contributed by atoms with Crippen molar-refractivity contribution in [2.45, 2.75) is 31.2 Å². The van der Waals surface area contributed by atoms with Gasteiger partial charge < -0.3 is 5.73 Å². The van der Waals surface area contributed by atoms with E-state index < -0.39 is 26.6 Å². The number of halogens is 3. The summed E-state index contributed by atoms with van der Waals surface area (Å²) in [5, 5.41) is 0. The highest BCUT2D eigenvalue weighted by Crippen LogP contribution is 2.25. The van der Waals surface area contributed by atoms with Crippen molar-refractivity contribution in [1.29, 1.82) is 0 Å². The van der Waals surface area contributed by atoms with Gasteiger partial charge in [0, 0.05) is 25.7 Å². The fourth-order valence-corrected chi connectivity index (χ4v) is 3.40. The van der Waals surface area contributed by atoms with Crippen molar-refractivity contribution >= 4 is 26.0 Å². The third-order valence-corrected chi connectivity index (χ3v) is 5.78. The Morgan fingerprint density at radius 3 is 2.38 bits per heavy atom. The summed E-state index contributed by atoms with van der Waals surface area (Å²) >= 11 is 2.86. The van der Waals surface area contributed by atoms with E-state index in [1.165, 1.54) is 7.05 Å². The van der Waals surface area contributed by atoms with Gasteiger partial charge in [-0.15, -0.1) is 0 Å². The largest absolute Gasteiger partial charge is 0.327 e. The van der Waals surface area contributed by atoms with Gasteiger partial charge in [-0.25, -0.2) is 21.5 Å². The zero-order valence-electron chi connectivity index (χ0n) is 12.1. The van der Waals surface area contributed by atoms with Crippen LogP contribution in [0.15, 0.2) is 21.5 Å². The Balaban J connectivity index is 2.98. The first-order chi connectivity index (χ1) is 9.57. The summed E-state index contributed by atoms with van der Waals surface area (Å²) in [6, 6.07) is 1.33. The number of nitrogens with two attached hydrogens (primary N) is 1. The molecule has 0 aliphatic heterocycles. The van der Waals surface area contributed by atoms with Gasteiger partial charge in [-0.3, -0.25) is 0 Å². The molecule has 120 valence electrons. The maximum absolute atomic E-state index is 13.7. The third kappa shape index (κ3) is 4.45. The van der Waals surface area contributed by atoms with E-state index in [0.29, 0.717) is 12.5 Å². The second kappa shape index (κ2) is 7.13. The van der Waals surface area contributed by atoms with Crippen LogP contribution in [0.5, 0.6) is 0 Å². The Bertz CT molecular complexity index is 608. The molecule has 2 N–H and O–H groups in total. The van der Waals surface area contributed by atoms with Crippen LogP contribution in [0.25, 0.3) is 0 Å². The van der Waals surface area contributed by atoms with E-state index in [4.69, 9.17) is 5.73 Å². The first-order valence-electron chi connectivity index (χ1n) is 6.43. The van der Waals surface area contributed by atoms with Crippen LogP contribution in [-0.4, -0.2) is 32.4 Å². The summed E-state index contributed by atoms with van der Waals surface area (Å²) in [7, 11) is -2.68. The molecule has 0 bridgehead atoms. The van der Waals surface area contributed by atoms with Gasteiger partial charge in [0.05, 0.1) is 4.47 Å². The minimum atomic E-state index is -4.02. The molecule has 1 rings (SSSR count). The molecule has 0 saturated carbocycles. The summed E-state index contributed by atoms with van der Waals surface area (Å²) in [6.07, 6.45) is 0.456. The highest BCUT2D eigenvalue weighted by molar-refractivity contribution is 9.10. The maximum atomic E-state index is 13.7. The van der Waals surface area contributed by atoms with E-state index in [2.05, 4.69) is 15.9 Å². The van der Waals surface area contributed by atoms with E-state index in [1.807, 2.05) is 13.8 Å². The van der Waals surface area contributed by atoms with Crippen molar-refractivity contribution < 1.29 is 17.2 Å². The van der Waals surface area contributed by atoms with Crippen LogP contribution in [-0.2, 0) is 10.0 Å². The van der Waals surface area contributed by atoms with Crippen LogP contribution in [0, 0.1) is 17.6 Å². The minimum Gasteiger partial charge on any atom is -0.327 e. The number of nitrogens with zero attached hydrogens (tertiary/aromatic N) is 1.